The van der Waals surface area contributed by atoms with Gasteiger partial charge in [0.15, 0.2) is 0 Å². The molecule has 7 nitrogen and oxygen atoms in total. The Bertz CT molecular complexity index is 1000. The highest BCUT2D eigenvalue weighted by atomic mass is 16.5. The summed E-state index contributed by atoms with van der Waals surface area (Å²) in [5, 5.41) is 3.08. The Morgan fingerprint density at radius 2 is 1.72 bits per heavy atom. The number of aryl methyl sites for hydroxylation is 1. The Balaban J connectivity index is 1.84. The summed E-state index contributed by atoms with van der Waals surface area (Å²) in [4.78, 5) is 35.0. The lowest BCUT2D eigenvalue weighted by Crippen LogP contribution is -2.31. The van der Waals surface area contributed by atoms with Crippen LogP contribution in [0.2, 0.25) is 0 Å². The molecular formula is C22H22N4O3. The zero-order chi connectivity index (χ0) is 20.8. The number of nitrogens with zero attached hydrogens (tertiary/aromatic N) is 3. The minimum atomic E-state index is -0.406. The van der Waals surface area contributed by atoms with Crippen molar-refractivity contribution in [1.29, 1.82) is 0 Å². The fraction of sp³-hybridized carbons (Fsp3) is 0.182. The SMILES string of the molecule is CCN(C(=O)c1cc(C)nc(Nc2ccc(C(=O)OC)cc2)n1)c1ccccc1. The van der Waals surface area contributed by atoms with Crippen LogP contribution in [0, 0.1) is 6.92 Å². The number of methoxy groups -OCH3 is 1. The average molecular weight is 390 g/mol. The van der Waals surface area contributed by atoms with Gasteiger partial charge in [0.2, 0.25) is 5.95 Å². The van der Waals surface area contributed by atoms with Crippen molar-refractivity contribution < 1.29 is 14.3 Å². The van der Waals surface area contributed by atoms with Crippen LogP contribution in [0.4, 0.5) is 17.3 Å². The minimum Gasteiger partial charge on any atom is -0.465 e. The normalized spacial score (nSPS) is 10.3. The Hall–Kier alpha value is -3.74. The number of hydrogen-bond acceptors (Lipinski definition) is 6. The second-order valence-corrected chi connectivity index (χ2v) is 6.30. The van der Waals surface area contributed by atoms with Crippen molar-refractivity contribution >= 4 is 29.2 Å². The first-order valence-electron chi connectivity index (χ1n) is 9.19. The standard InChI is InChI=1S/C22H22N4O3/c1-4-26(18-8-6-5-7-9-18)20(27)19-14-15(2)23-22(25-19)24-17-12-10-16(11-13-17)21(28)29-3/h5-14H,4H2,1-3H3,(H,23,24,25). The molecule has 0 aliphatic rings. The number of esters is 1. The van der Waals surface area contributed by atoms with Gasteiger partial charge in [0.05, 0.1) is 12.7 Å². The monoisotopic (exact) mass is 390 g/mol. The molecule has 1 N–H and O–H groups in total. The molecule has 0 aliphatic carbocycles. The number of carbonyl (C=O) groups excluding carboxylic acids is 2. The predicted octanol–water partition coefficient (Wildman–Crippen LogP) is 3.98. The van der Waals surface area contributed by atoms with Crippen molar-refractivity contribution in [3.8, 4) is 0 Å². The molecule has 0 aliphatic heterocycles. The van der Waals surface area contributed by atoms with Gasteiger partial charge in [-0.1, -0.05) is 18.2 Å². The van der Waals surface area contributed by atoms with Gasteiger partial charge in [-0.25, -0.2) is 14.8 Å². The molecule has 0 saturated heterocycles. The molecular weight excluding hydrogens is 368 g/mol. The number of para-hydroxylation sites is 1. The van der Waals surface area contributed by atoms with Gasteiger partial charge in [0.1, 0.15) is 5.69 Å². The van der Waals surface area contributed by atoms with Crippen molar-refractivity contribution in [3.05, 3.63) is 77.6 Å². The molecule has 0 fully saturated rings. The maximum absolute atomic E-state index is 13.0. The Kier molecular flexibility index (Phi) is 6.19. The van der Waals surface area contributed by atoms with Crippen LogP contribution in [-0.2, 0) is 4.74 Å². The van der Waals surface area contributed by atoms with Crippen LogP contribution in [0.1, 0.15) is 33.5 Å². The van der Waals surface area contributed by atoms with E-state index < -0.39 is 5.97 Å². The van der Waals surface area contributed by atoms with Crippen LogP contribution in [0.3, 0.4) is 0 Å². The fourth-order valence-electron chi connectivity index (χ4n) is 2.86. The Morgan fingerprint density at radius 3 is 2.34 bits per heavy atom. The number of anilines is 3. The van der Waals surface area contributed by atoms with Gasteiger partial charge in [-0.3, -0.25) is 4.79 Å². The fourth-order valence-corrected chi connectivity index (χ4v) is 2.86. The second kappa shape index (κ2) is 8.97. The number of amides is 1. The molecule has 7 heteroatoms. The number of hydrogen-bond donors (Lipinski definition) is 1. The summed E-state index contributed by atoms with van der Waals surface area (Å²) < 4.78 is 4.70. The third kappa shape index (κ3) is 4.76. The van der Waals surface area contributed by atoms with Gasteiger partial charge in [0.25, 0.3) is 5.91 Å². The van der Waals surface area contributed by atoms with Crippen LogP contribution in [0.5, 0.6) is 0 Å². The Labute approximate surface area is 169 Å². The maximum atomic E-state index is 13.0. The quantitative estimate of drug-likeness (QED) is 0.641. The largest absolute Gasteiger partial charge is 0.465 e. The Morgan fingerprint density at radius 1 is 1.03 bits per heavy atom. The van der Waals surface area contributed by atoms with Gasteiger partial charge in [-0.2, -0.15) is 0 Å². The van der Waals surface area contributed by atoms with E-state index in [9.17, 15) is 9.59 Å². The molecule has 0 saturated carbocycles. The van der Waals surface area contributed by atoms with E-state index in [-0.39, 0.29) is 5.91 Å². The molecule has 3 rings (SSSR count). The third-order valence-corrected chi connectivity index (χ3v) is 4.26. The molecule has 0 unspecified atom stereocenters. The van der Waals surface area contributed by atoms with Crippen molar-refractivity contribution in [2.24, 2.45) is 0 Å². The summed E-state index contributed by atoms with van der Waals surface area (Å²) >= 11 is 0. The third-order valence-electron chi connectivity index (χ3n) is 4.26. The lowest BCUT2D eigenvalue weighted by Gasteiger charge is -2.21. The molecule has 2 aromatic carbocycles. The van der Waals surface area contributed by atoms with Gasteiger partial charge < -0.3 is 15.0 Å². The minimum absolute atomic E-state index is 0.201. The van der Waals surface area contributed by atoms with Crippen LogP contribution in [-0.4, -0.2) is 35.5 Å². The van der Waals surface area contributed by atoms with Crippen molar-refractivity contribution in [2.75, 3.05) is 23.9 Å². The molecule has 1 aromatic heterocycles. The smallest absolute Gasteiger partial charge is 0.337 e. The molecule has 0 atom stereocenters. The van der Waals surface area contributed by atoms with E-state index in [1.807, 2.05) is 44.2 Å². The van der Waals surface area contributed by atoms with E-state index >= 15 is 0 Å². The molecule has 1 heterocycles. The molecule has 29 heavy (non-hydrogen) atoms. The highest BCUT2D eigenvalue weighted by Crippen LogP contribution is 2.19. The molecule has 0 radical (unpaired) electrons. The van der Waals surface area contributed by atoms with E-state index in [2.05, 4.69) is 15.3 Å². The first-order valence-corrected chi connectivity index (χ1v) is 9.19. The highest BCUT2D eigenvalue weighted by molar-refractivity contribution is 6.05. The summed E-state index contributed by atoms with van der Waals surface area (Å²) in [6, 6.07) is 17.9. The van der Waals surface area contributed by atoms with Gasteiger partial charge in [-0.05, 0) is 56.3 Å². The van der Waals surface area contributed by atoms with Gasteiger partial charge in [0, 0.05) is 23.6 Å². The van der Waals surface area contributed by atoms with Crippen LogP contribution < -0.4 is 10.2 Å². The van der Waals surface area contributed by atoms with Crippen molar-refractivity contribution in [1.82, 2.24) is 9.97 Å². The first-order chi connectivity index (χ1) is 14.0. The summed E-state index contributed by atoms with van der Waals surface area (Å²) in [6.45, 7) is 4.24. The lowest BCUT2D eigenvalue weighted by atomic mass is 10.2. The number of carbonyl (C=O) groups is 2. The highest BCUT2D eigenvalue weighted by Gasteiger charge is 2.19. The molecule has 0 spiro atoms. The second-order valence-electron chi connectivity index (χ2n) is 6.30. The van der Waals surface area contributed by atoms with Gasteiger partial charge in [-0.15, -0.1) is 0 Å². The van der Waals surface area contributed by atoms with E-state index in [1.54, 1.807) is 35.2 Å². The van der Waals surface area contributed by atoms with Crippen molar-refractivity contribution in [3.63, 3.8) is 0 Å². The number of ether oxygens (including phenoxy) is 1. The zero-order valence-electron chi connectivity index (χ0n) is 16.5. The summed E-state index contributed by atoms with van der Waals surface area (Å²) in [5.74, 6) is -0.298. The van der Waals surface area contributed by atoms with E-state index in [4.69, 9.17) is 4.74 Å². The summed E-state index contributed by atoms with van der Waals surface area (Å²) in [6.07, 6.45) is 0. The molecule has 148 valence electrons. The van der Waals surface area contributed by atoms with Crippen LogP contribution in [0.25, 0.3) is 0 Å². The van der Waals surface area contributed by atoms with Crippen LogP contribution >= 0.6 is 0 Å². The number of rotatable bonds is 6. The summed E-state index contributed by atoms with van der Waals surface area (Å²) in [7, 11) is 1.34. The maximum Gasteiger partial charge on any atom is 0.337 e. The number of nitrogens with one attached hydrogen (secondary N) is 1. The van der Waals surface area contributed by atoms with Crippen molar-refractivity contribution in [2.45, 2.75) is 13.8 Å². The van der Waals surface area contributed by atoms with E-state index in [1.165, 1.54) is 7.11 Å². The molecule has 3 aromatic rings. The molecule has 1 amide bonds. The number of aromatic nitrogens is 2. The topological polar surface area (TPSA) is 84.4 Å². The summed E-state index contributed by atoms with van der Waals surface area (Å²) in [5.41, 5.74) is 2.92. The predicted molar refractivity (Wildman–Crippen MR) is 112 cm³/mol. The van der Waals surface area contributed by atoms with E-state index in [0.717, 1.165) is 5.69 Å². The number of benzene rings is 2. The van der Waals surface area contributed by atoms with E-state index in [0.29, 0.717) is 35.1 Å². The lowest BCUT2D eigenvalue weighted by molar-refractivity contribution is 0.0600. The molecule has 0 bridgehead atoms. The first kappa shape index (κ1) is 20.0. The zero-order valence-corrected chi connectivity index (χ0v) is 16.5. The van der Waals surface area contributed by atoms with Crippen LogP contribution in [0.15, 0.2) is 60.7 Å². The average Bonchev–Trinajstić information content (AvgIpc) is 2.74. The van der Waals surface area contributed by atoms with Gasteiger partial charge >= 0.3 is 5.97 Å².